The van der Waals surface area contributed by atoms with Crippen molar-refractivity contribution in [2.45, 2.75) is 38.8 Å². The van der Waals surface area contributed by atoms with Crippen LogP contribution >= 0.6 is 0 Å². The summed E-state index contributed by atoms with van der Waals surface area (Å²) in [5.74, 6) is 0.253. The maximum absolute atomic E-state index is 12.2. The van der Waals surface area contributed by atoms with Crippen LogP contribution in [0, 0.1) is 11.3 Å². The molecule has 2 atom stereocenters. The van der Waals surface area contributed by atoms with E-state index in [1.54, 1.807) is 31.2 Å². The molecular formula is C20H22N2O2. The smallest absolute Gasteiger partial charge is 0.260 e. The number of carbonyl (C=O) groups is 1. The first-order chi connectivity index (χ1) is 11.6. The Morgan fingerprint density at radius 3 is 2.50 bits per heavy atom. The fraction of sp³-hybridized carbons (Fsp3) is 0.300. The zero-order valence-corrected chi connectivity index (χ0v) is 14.0. The van der Waals surface area contributed by atoms with Crippen LogP contribution in [-0.2, 0) is 11.2 Å². The molecule has 1 N–H and O–H groups in total. The minimum Gasteiger partial charge on any atom is -0.480 e. The van der Waals surface area contributed by atoms with E-state index < -0.39 is 6.10 Å². The summed E-state index contributed by atoms with van der Waals surface area (Å²) in [5, 5.41) is 12.0. The van der Waals surface area contributed by atoms with Crippen molar-refractivity contribution in [2.24, 2.45) is 0 Å². The number of para-hydroxylation sites is 1. The van der Waals surface area contributed by atoms with Gasteiger partial charge in [0.15, 0.2) is 6.10 Å². The van der Waals surface area contributed by atoms with Crippen molar-refractivity contribution in [2.75, 3.05) is 0 Å². The second-order valence-corrected chi connectivity index (χ2v) is 5.80. The molecule has 0 saturated carbocycles. The number of hydrogen-bond acceptors (Lipinski definition) is 3. The van der Waals surface area contributed by atoms with Crippen LogP contribution < -0.4 is 10.1 Å². The summed E-state index contributed by atoms with van der Waals surface area (Å²) in [6.45, 7) is 3.67. The minimum atomic E-state index is -0.654. The molecule has 2 rings (SSSR count). The summed E-state index contributed by atoms with van der Waals surface area (Å²) in [4.78, 5) is 12.2. The Bertz CT molecular complexity index is 707. The van der Waals surface area contributed by atoms with Crippen molar-refractivity contribution in [3.05, 3.63) is 65.7 Å². The van der Waals surface area contributed by atoms with Crippen LogP contribution in [-0.4, -0.2) is 18.1 Å². The van der Waals surface area contributed by atoms with E-state index in [1.165, 1.54) is 5.56 Å². The van der Waals surface area contributed by atoms with Gasteiger partial charge in [0.05, 0.1) is 5.56 Å². The van der Waals surface area contributed by atoms with Crippen LogP contribution in [0.3, 0.4) is 0 Å². The van der Waals surface area contributed by atoms with E-state index in [0.29, 0.717) is 11.3 Å². The fourth-order valence-corrected chi connectivity index (χ4v) is 2.37. The highest BCUT2D eigenvalue weighted by Gasteiger charge is 2.18. The van der Waals surface area contributed by atoms with Gasteiger partial charge in [-0.25, -0.2) is 0 Å². The molecule has 4 nitrogen and oxygen atoms in total. The standard InChI is InChI=1S/C20H22N2O2/c1-15(12-13-17-8-4-3-5-9-17)22-20(23)16(2)24-19-11-7-6-10-18(19)14-21/h3-11,15-16H,12-13H2,1-2H3,(H,22,23). The summed E-state index contributed by atoms with van der Waals surface area (Å²) in [5.41, 5.74) is 1.68. The van der Waals surface area contributed by atoms with Crippen molar-refractivity contribution in [3.63, 3.8) is 0 Å². The van der Waals surface area contributed by atoms with Crippen molar-refractivity contribution < 1.29 is 9.53 Å². The molecule has 0 saturated heterocycles. The summed E-state index contributed by atoms with van der Waals surface area (Å²) < 4.78 is 5.63. The lowest BCUT2D eigenvalue weighted by Gasteiger charge is -2.19. The molecule has 0 fully saturated rings. The van der Waals surface area contributed by atoms with Gasteiger partial charge in [-0.3, -0.25) is 4.79 Å². The minimum absolute atomic E-state index is 0.0509. The molecule has 2 aromatic carbocycles. The summed E-state index contributed by atoms with van der Waals surface area (Å²) in [7, 11) is 0. The molecule has 0 aliphatic heterocycles. The molecule has 1 amide bonds. The zero-order chi connectivity index (χ0) is 17.4. The predicted octanol–water partition coefficient (Wildman–Crippen LogP) is 3.46. The first-order valence-electron chi connectivity index (χ1n) is 8.10. The second-order valence-electron chi connectivity index (χ2n) is 5.80. The Balaban J connectivity index is 1.83. The third-order valence-electron chi connectivity index (χ3n) is 3.78. The maximum atomic E-state index is 12.2. The van der Waals surface area contributed by atoms with Gasteiger partial charge in [0.2, 0.25) is 0 Å². The van der Waals surface area contributed by atoms with E-state index in [1.807, 2.05) is 25.1 Å². The number of aryl methyl sites for hydroxylation is 1. The molecule has 0 radical (unpaired) electrons. The normalized spacial score (nSPS) is 12.7. The topological polar surface area (TPSA) is 62.1 Å². The molecule has 24 heavy (non-hydrogen) atoms. The van der Waals surface area contributed by atoms with Gasteiger partial charge in [0.25, 0.3) is 5.91 Å². The highest BCUT2D eigenvalue weighted by atomic mass is 16.5. The molecule has 2 aromatic rings. The first kappa shape index (κ1) is 17.6. The van der Waals surface area contributed by atoms with Crippen molar-refractivity contribution >= 4 is 5.91 Å². The van der Waals surface area contributed by atoms with Gasteiger partial charge in [-0.1, -0.05) is 42.5 Å². The van der Waals surface area contributed by atoms with E-state index in [2.05, 4.69) is 23.5 Å². The maximum Gasteiger partial charge on any atom is 0.260 e. The first-order valence-corrected chi connectivity index (χ1v) is 8.10. The van der Waals surface area contributed by atoms with Crippen LogP contribution in [0.15, 0.2) is 54.6 Å². The summed E-state index contributed by atoms with van der Waals surface area (Å²) in [6, 6.07) is 19.2. The van der Waals surface area contributed by atoms with E-state index >= 15 is 0 Å². The van der Waals surface area contributed by atoms with Gasteiger partial charge >= 0.3 is 0 Å². The Morgan fingerprint density at radius 2 is 1.79 bits per heavy atom. The average molecular weight is 322 g/mol. The second kappa shape index (κ2) is 8.73. The predicted molar refractivity (Wildman–Crippen MR) is 93.6 cm³/mol. The van der Waals surface area contributed by atoms with E-state index in [-0.39, 0.29) is 11.9 Å². The molecule has 2 unspecified atom stereocenters. The fourth-order valence-electron chi connectivity index (χ4n) is 2.37. The number of rotatable bonds is 7. The quantitative estimate of drug-likeness (QED) is 0.849. The van der Waals surface area contributed by atoms with Crippen LogP contribution in [0.1, 0.15) is 31.4 Å². The lowest BCUT2D eigenvalue weighted by atomic mass is 10.1. The van der Waals surface area contributed by atoms with Crippen LogP contribution in [0.4, 0.5) is 0 Å². The number of carbonyl (C=O) groups excluding carboxylic acids is 1. The van der Waals surface area contributed by atoms with E-state index in [0.717, 1.165) is 12.8 Å². The molecular weight excluding hydrogens is 300 g/mol. The van der Waals surface area contributed by atoms with E-state index in [9.17, 15) is 4.79 Å². The van der Waals surface area contributed by atoms with Gasteiger partial charge in [0.1, 0.15) is 11.8 Å². The van der Waals surface area contributed by atoms with Gasteiger partial charge in [-0.15, -0.1) is 0 Å². The van der Waals surface area contributed by atoms with Gasteiger partial charge in [0, 0.05) is 6.04 Å². The number of amides is 1. The highest BCUT2D eigenvalue weighted by molar-refractivity contribution is 5.81. The Morgan fingerprint density at radius 1 is 1.12 bits per heavy atom. The Labute approximate surface area is 143 Å². The number of benzene rings is 2. The average Bonchev–Trinajstić information content (AvgIpc) is 2.61. The molecule has 0 aliphatic rings. The van der Waals surface area contributed by atoms with Gasteiger partial charge in [-0.05, 0) is 44.4 Å². The molecule has 0 aromatic heterocycles. The molecule has 0 spiro atoms. The number of nitrogens with one attached hydrogen (secondary N) is 1. The molecule has 4 heteroatoms. The third-order valence-corrected chi connectivity index (χ3v) is 3.78. The van der Waals surface area contributed by atoms with Crippen LogP contribution in [0.25, 0.3) is 0 Å². The summed E-state index contributed by atoms with van der Waals surface area (Å²) >= 11 is 0. The number of ether oxygens (including phenoxy) is 1. The highest BCUT2D eigenvalue weighted by Crippen LogP contribution is 2.18. The van der Waals surface area contributed by atoms with Gasteiger partial charge in [-0.2, -0.15) is 5.26 Å². The number of nitriles is 1. The number of nitrogens with zero attached hydrogens (tertiary/aromatic N) is 1. The van der Waals surface area contributed by atoms with Crippen LogP contribution in [0.5, 0.6) is 5.75 Å². The SMILES string of the molecule is CC(CCc1ccccc1)NC(=O)C(C)Oc1ccccc1C#N. The van der Waals surface area contributed by atoms with Gasteiger partial charge < -0.3 is 10.1 Å². The van der Waals surface area contributed by atoms with Crippen molar-refractivity contribution in [3.8, 4) is 11.8 Å². The van der Waals surface area contributed by atoms with Crippen molar-refractivity contribution in [1.82, 2.24) is 5.32 Å². The lowest BCUT2D eigenvalue weighted by Crippen LogP contribution is -2.41. The monoisotopic (exact) mass is 322 g/mol. The Hall–Kier alpha value is -2.80. The van der Waals surface area contributed by atoms with Crippen molar-refractivity contribution in [1.29, 1.82) is 5.26 Å². The largest absolute Gasteiger partial charge is 0.480 e. The summed E-state index contributed by atoms with van der Waals surface area (Å²) in [6.07, 6.45) is 1.12. The third kappa shape index (κ3) is 5.13. The zero-order valence-electron chi connectivity index (χ0n) is 14.0. The molecule has 124 valence electrons. The molecule has 0 bridgehead atoms. The molecule has 0 heterocycles. The Kier molecular flexibility index (Phi) is 6.39. The van der Waals surface area contributed by atoms with E-state index in [4.69, 9.17) is 10.00 Å². The number of hydrogen-bond donors (Lipinski definition) is 1. The lowest BCUT2D eigenvalue weighted by molar-refractivity contribution is -0.127. The van der Waals surface area contributed by atoms with Crippen LogP contribution in [0.2, 0.25) is 0 Å². The molecule has 0 aliphatic carbocycles.